The number of ketones is 1. The number of para-hydroxylation sites is 2. The molecule has 2 atom stereocenters. The Balaban J connectivity index is 1.71. The molecule has 6 nitrogen and oxygen atoms in total. The Morgan fingerprint density at radius 3 is 1.71 bits per heavy atom. The molecule has 4 rings (SSSR count). The number of nitrogens with one attached hydrogen (secondary N) is 1. The number of hydrogen-bond donors (Lipinski definition) is 1. The molecule has 0 radical (unpaired) electrons. The quantitative estimate of drug-likeness (QED) is 0.771. The normalized spacial score (nSPS) is 28.0. The van der Waals surface area contributed by atoms with Crippen LogP contribution in [0.2, 0.25) is 0 Å². The summed E-state index contributed by atoms with van der Waals surface area (Å²) in [6.07, 6.45) is 0. The number of nitrogens with zero attached hydrogens (tertiary/aromatic N) is 1. The third-order valence-corrected chi connectivity index (χ3v) is 7.32. The van der Waals surface area contributed by atoms with Crippen molar-refractivity contribution in [2.24, 2.45) is 10.8 Å². The van der Waals surface area contributed by atoms with Crippen LogP contribution < -0.4 is 14.4 Å². The van der Waals surface area contributed by atoms with Gasteiger partial charge in [0.1, 0.15) is 17.3 Å². The molecule has 148 valence electrons. The summed E-state index contributed by atoms with van der Waals surface area (Å²) in [5, 5.41) is 3.35. The Kier molecular flexibility index (Phi) is 4.82. The van der Waals surface area contributed by atoms with Gasteiger partial charge in [0.15, 0.2) is 0 Å². The summed E-state index contributed by atoms with van der Waals surface area (Å²) in [6.45, 7) is 5.56. The molecule has 2 aromatic carbocycles. The lowest BCUT2D eigenvalue weighted by Gasteiger charge is -2.52. The molecule has 2 heterocycles. The van der Waals surface area contributed by atoms with Gasteiger partial charge in [-0.15, -0.1) is 0 Å². The highest BCUT2D eigenvalue weighted by atomic mass is 31.2. The first-order chi connectivity index (χ1) is 13.3. The van der Waals surface area contributed by atoms with Gasteiger partial charge in [-0.3, -0.25) is 4.79 Å². The number of hydrogen-bond acceptors (Lipinski definition) is 5. The number of rotatable bonds is 5. The first-order valence-corrected chi connectivity index (χ1v) is 10.9. The molecule has 0 saturated carbocycles. The van der Waals surface area contributed by atoms with Gasteiger partial charge < -0.3 is 14.4 Å². The Morgan fingerprint density at radius 2 is 1.29 bits per heavy atom. The Morgan fingerprint density at radius 1 is 0.857 bits per heavy atom. The Hall–Kier alpha value is -2.14. The van der Waals surface area contributed by atoms with Crippen molar-refractivity contribution >= 4 is 13.5 Å². The molecule has 0 amide bonds. The van der Waals surface area contributed by atoms with Crippen LogP contribution in [0.5, 0.6) is 11.5 Å². The lowest BCUT2D eigenvalue weighted by molar-refractivity contribution is -0.146. The summed E-state index contributed by atoms with van der Waals surface area (Å²) in [7, 11) is -3.75. The average Bonchev–Trinajstić information content (AvgIpc) is 2.66. The second kappa shape index (κ2) is 7.03. The molecule has 7 heteroatoms. The molecule has 2 aliphatic heterocycles. The van der Waals surface area contributed by atoms with E-state index in [1.165, 1.54) is 0 Å². The number of Topliss-reactive ketones (excluding diaryl/α,β-unsaturated/α-hetero) is 1. The van der Waals surface area contributed by atoms with Crippen LogP contribution in [0, 0.1) is 10.8 Å². The highest BCUT2D eigenvalue weighted by Crippen LogP contribution is 2.56. The zero-order chi connectivity index (χ0) is 19.8. The predicted octanol–water partition coefficient (Wildman–Crippen LogP) is 3.75. The van der Waals surface area contributed by atoms with E-state index in [0.29, 0.717) is 37.7 Å². The van der Waals surface area contributed by atoms with Crippen molar-refractivity contribution in [1.29, 1.82) is 0 Å². The van der Waals surface area contributed by atoms with Crippen molar-refractivity contribution in [3.05, 3.63) is 60.7 Å². The molecule has 0 aliphatic carbocycles. The number of fused-ring (bicyclic) bond motifs is 2. The van der Waals surface area contributed by atoms with E-state index in [1.807, 2.05) is 50.2 Å². The van der Waals surface area contributed by atoms with Crippen molar-refractivity contribution in [1.82, 2.24) is 9.99 Å². The minimum atomic E-state index is -3.75. The fraction of sp³-hybridized carbons (Fsp3) is 0.381. The molecule has 0 aromatic heterocycles. The van der Waals surface area contributed by atoms with Gasteiger partial charge in [0.25, 0.3) is 0 Å². The Labute approximate surface area is 165 Å². The SMILES string of the molecule is C[C@]12CNC[C@](C)(CN(P(=O)(Oc3ccccc3)Oc3ccccc3)C1)C2=O. The van der Waals surface area contributed by atoms with E-state index in [2.05, 4.69) is 5.32 Å². The largest absolute Gasteiger partial charge is 0.515 e. The fourth-order valence-corrected chi connectivity index (χ4v) is 6.17. The summed E-state index contributed by atoms with van der Waals surface area (Å²) in [6, 6.07) is 18.0. The second-order valence-corrected chi connectivity index (χ2v) is 10.0. The van der Waals surface area contributed by atoms with Gasteiger partial charge in [0.2, 0.25) is 0 Å². The minimum Gasteiger partial charge on any atom is -0.404 e. The Bertz CT molecular complexity index is 840. The van der Waals surface area contributed by atoms with Crippen LogP contribution in [0.4, 0.5) is 0 Å². The van der Waals surface area contributed by atoms with Gasteiger partial charge in [-0.25, -0.2) is 4.57 Å². The molecule has 2 aliphatic rings. The highest BCUT2D eigenvalue weighted by Gasteiger charge is 2.58. The molecule has 2 saturated heterocycles. The molecule has 1 N–H and O–H groups in total. The summed E-state index contributed by atoms with van der Waals surface area (Å²) in [5.74, 6) is 1.15. The molecule has 2 fully saturated rings. The summed E-state index contributed by atoms with van der Waals surface area (Å²) in [5.41, 5.74) is -1.28. The van der Waals surface area contributed by atoms with Crippen molar-refractivity contribution in [2.75, 3.05) is 26.2 Å². The zero-order valence-electron chi connectivity index (χ0n) is 16.1. The van der Waals surface area contributed by atoms with Crippen molar-refractivity contribution < 1.29 is 18.4 Å². The number of benzene rings is 2. The number of carbonyl (C=O) groups is 1. The molecule has 0 spiro atoms. The van der Waals surface area contributed by atoms with Crippen molar-refractivity contribution in [2.45, 2.75) is 13.8 Å². The van der Waals surface area contributed by atoms with Crippen LogP contribution in [0.1, 0.15) is 13.8 Å². The maximum atomic E-state index is 14.1. The van der Waals surface area contributed by atoms with Crippen LogP contribution in [0.15, 0.2) is 60.7 Å². The summed E-state index contributed by atoms with van der Waals surface area (Å²) >= 11 is 0. The molecule has 28 heavy (non-hydrogen) atoms. The van der Waals surface area contributed by atoms with Crippen LogP contribution in [0.3, 0.4) is 0 Å². The topological polar surface area (TPSA) is 67.9 Å². The molecular formula is C21H25N2O4P. The number of piperidine rings is 2. The van der Waals surface area contributed by atoms with Gasteiger partial charge in [0, 0.05) is 26.2 Å². The van der Waals surface area contributed by atoms with Gasteiger partial charge >= 0.3 is 7.75 Å². The first kappa shape index (κ1) is 19.2. The van der Waals surface area contributed by atoms with Gasteiger partial charge in [-0.1, -0.05) is 50.2 Å². The van der Waals surface area contributed by atoms with Crippen molar-refractivity contribution in [3.8, 4) is 11.5 Å². The highest BCUT2D eigenvalue weighted by molar-refractivity contribution is 7.52. The molecule has 2 aromatic rings. The monoisotopic (exact) mass is 400 g/mol. The van der Waals surface area contributed by atoms with E-state index in [0.717, 1.165) is 0 Å². The van der Waals surface area contributed by atoms with E-state index in [-0.39, 0.29) is 5.78 Å². The van der Waals surface area contributed by atoms with Crippen molar-refractivity contribution in [3.63, 3.8) is 0 Å². The van der Waals surface area contributed by atoms with E-state index in [9.17, 15) is 9.36 Å². The van der Waals surface area contributed by atoms with E-state index < -0.39 is 18.6 Å². The van der Waals surface area contributed by atoms with Crippen LogP contribution in [-0.2, 0) is 9.36 Å². The molecule has 0 unspecified atom stereocenters. The maximum Gasteiger partial charge on any atom is 0.515 e. The fourth-order valence-electron chi connectivity index (χ4n) is 4.16. The van der Waals surface area contributed by atoms with Crippen LogP contribution >= 0.6 is 7.75 Å². The summed E-state index contributed by atoms with van der Waals surface area (Å²) < 4.78 is 27.7. The predicted molar refractivity (Wildman–Crippen MR) is 107 cm³/mol. The average molecular weight is 400 g/mol. The smallest absolute Gasteiger partial charge is 0.404 e. The zero-order valence-corrected chi connectivity index (χ0v) is 17.0. The number of carbonyl (C=O) groups excluding carboxylic acids is 1. The third-order valence-electron chi connectivity index (χ3n) is 5.46. The van der Waals surface area contributed by atoms with Gasteiger partial charge in [0.05, 0.1) is 10.8 Å². The lowest BCUT2D eigenvalue weighted by Crippen LogP contribution is -2.67. The lowest BCUT2D eigenvalue weighted by atomic mass is 9.66. The standard InChI is InChI=1S/C21H25N2O4P/c1-20-13-22-14-21(2,19(20)24)16-23(15-20)28(25,26-17-9-5-3-6-10-17)27-18-11-7-4-8-12-18/h3-12,22H,13-16H2,1-2H3/t20-,21+. The van der Waals surface area contributed by atoms with E-state index in [4.69, 9.17) is 9.05 Å². The maximum absolute atomic E-state index is 14.1. The summed E-state index contributed by atoms with van der Waals surface area (Å²) in [4.78, 5) is 13.0. The molecule has 2 bridgehead atoms. The minimum absolute atomic E-state index is 0.209. The van der Waals surface area contributed by atoms with Crippen LogP contribution in [-0.4, -0.2) is 36.6 Å². The van der Waals surface area contributed by atoms with Gasteiger partial charge in [-0.2, -0.15) is 4.67 Å². The van der Waals surface area contributed by atoms with E-state index in [1.54, 1.807) is 28.9 Å². The third kappa shape index (κ3) is 3.48. The molecular weight excluding hydrogens is 375 g/mol. The van der Waals surface area contributed by atoms with Gasteiger partial charge in [-0.05, 0) is 24.3 Å². The second-order valence-electron chi connectivity index (χ2n) is 8.15. The first-order valence-electron chi connectivity index (χ1n) is 9.44. The van der Waals surface area contributed by atoms with Crippen LogP contribution in [0.25, 0.3) is 0 Å². The van der Waals surface area contributed by atoms with E-state index >= 15 is 0 Å².